The fraction of sp³-hybridized carbons (Fsp3) is 0.133. The van der Waals surface area contributed by atoms with Crippen LogP contribution in [0.5, 0.6) is 0 Å². The Hall–Kier alpha value is -2.76. The molecule has 0 atom stereocenters. The number of pyridine rings is 1. The number of benzene rings is 1. The van der Waals surface area contributed by atoms with Crippen LogP contribution in [0.4, 0.5) is 15.8 Å². The van der Waals surface area contributed by atoms with Crippen molar-refractivity contribution < 1.29 is 14.0 Å². The smallest absolute Gasteiger partial charge is 0.257 e. The van der Waals surface area contributed by atoms with Gasteiger partial charge in [-0.15, -0.1) is 0 Å². The van der Waals surface area contributed by atoms with Crippen LogP contribution < -0.4 is 10.6 Å². The molecule has 108 valence electrons. The summed E-state index contributed by atoms with van der Waals surface area (Å²) in [6.07, 6.45) is 1.16. The summed E-state index contributed by atoms with van der Waals surface area (Å²) in [5.74, 6) is -1.24. The number of rotatable bonds is 3. The van der Waals surface area contributed by atoms with E-state index in [1.807, 2.05) is 6.92 Å². The molecule has 2 aromatic rings. The standard InChI is InChI=1S/C15H14FN3O2/c1-9-3-5-12(7-13(9)18-10(2)20)19-15(21)11-4-6-14(16)17-8-11/h3-8H,1-2H3,(H,18,20)(H,19,21). The van der Waals surface area contributed by atoms with Gasteiger partial charge in [-0.3, -0.25) is 9.59 Å². The van der Waals surface area contributed by atoms with E-state index in [0.29, 0.717) is 11.4 Å². The van der Waals surface area contributed by atoms with Crippen LogP contribution in [0.3, 0.4) is 0 Å². The Morgan fingerprint density at radius 1 is 1.14 bits per heavy atom. The Morgan fingerprint density at radius 3 is 2.52 bits per heavy atom. The van der Waals surface area contributed by atoms with E-state index >= 15 is 0 Å². The molecule has 21 heavy (non-hydrogen) atoms. The molecule has 0 fully saturated rings. The molecule has 0 saturated carbocycles. The highest BCUT2D eigenvalue weighted by Gasteiger charge is 2.08. The van der Waals surface area contributed by atoms with Gasteiger partial charge in [-0.05, 0) is 36.8 Å². The van der Waals surface area contributed by atoms with Gasteiger partial charge in [0.05, 0.1) is 5.56 Å². The number of nitrogens with zero attached hydrogens (tertiary/aromatic N) is 1. The maximum atomic E-state index is 12.7. The van der Waals surface area contributed by atoms with Crippen molar-refractivity contribution >= 4 is 23.2 Å². The Bertz CT molecular complexity index is 684. The van der Waals surface area contributed by atoms with Crippen LogP contribution in [0.1, 0.15) is 22.8 Å². The first-order chi connectivity index (χ1) is 9.95. The van der Waals surface area contributed by atoms with Gasteiger partial charge >= 0.3 is 0 Å². The zero-order valence-corrected chi connectivity index (χ0v) is 11.6. The number of hydrogen-bond donors (Lipinski definition) is 2. The first kappa shape index (κ1) is 14.6. The number of carbonyl (C=O) groups excluding carboxylic acids is 2. The van der Waals surface area contributed by atoms with Crippen LogP contribution in [0.2, 0.25) is 0 Å². The van der Waals surface area contributed by atoms with Gasteiger partial charge in [-0.2, -0.15) is 4.39 Å². The lowest BCUT2D eigenvalue weighted by Gasteiger charge is -2.10. The van der Waals surface area contributed by atoms with Crippen LogP contribution in [-0.2, 0) is 4.79 Å². The second-order valence-corrected chi connectivity index (χ2v) is 4.53. The predicted octanol–water partition coefficient (Wildman–Crippen LogP) is 2.74. The molecule has 0 aliphatic rings. The van der Waals surface area contributed by atoms with Crippen molar-refractivity contribution in [1.82, 2.24) is 4.98 Å². The molecule has 1 aromatic carbocycles. The second-order valence-electron chi connectivity index (χ2n) is 4.53. The SMILES string of the molecule is CC(=O)Nc1cc(NC(=O)c2ccc(F)nc2)ccc1C. The lowest BCUT2D eigenvalue weighted by Crippen LogP contribution is -2.13. The highest BCUT2D eigenvalue weighted by molar-refractivity contribution is 6.04. The molecular formula is C15H14FN3O2. The van der Waals surface area contributed by atoms with Crippen LogP contribution in [0, 0.1) is 12.9 Å². The quantitative estimate of drug-likeness (QED) is 0.853. The average Bonchev–Trinajstić information content (AvgIpc) is 2.42. The molecule has 0 bridgehead atoms. The fourth-order valence-electron chi connectivity index (χ4n) is 1.74. The minimum absolute atomic E-state index is 0.190. The molecule has 0 aliphatic carbocycles. The number of hydrogen-bond acceptors (Lipinski definition) is 3. The first-order valence-corrected chi connectivity index (χ1v) is 6.27. The molecule has 0 radical (unpaired) electrons. The number of aryl methyl sites for hydroxylation is 1. The maximum absolute atomic E-state index is 12.7. The van der Waals surface area contributed by atoms with Crippen molar-refractivity contribution in [2.75, 3.05) is 10.6 Å². The summed E-state index contributed by atoms with van der Waals surface area (Å²) < 4.78 is 12.7. The number of nitrogens with one attached hydrogen (secondary N) is 2. The number of aromatic nitrogens is 1. The number of carbonyl (C=O) groups is 2. The van der Waals surface area contributed by atoms with Crippen LogP contribution in [0.15, 0.2) is 36.5 Å². The van der Waals surface area contributed by atoms with E-state index in [1.165, 1.54) is 13.0 Å². The fourth-order valence-corrected chi connectivity index (χ4v) is 1.74. The molecule has 2 rings (SSSR count). The van der Waals surface area contributed by atoms with Crippen molar-refractivity contribution in [2.45, 2.75) is 13.8 Å². The summed E-state index contributed by atoms with van der Waals surface area (Å²) in [4.78, 5) is 26.5. The third-order valence-corrected chi connectivity index (χ3v) is 2.80. The van der Waals surface area contributed by atoms with Gasteiger partial charge in [-0.1, -0.05) is 6.07 Å². The summed E-state index contributed by atoms with van der Waals surface area (Å²) in [5, 5.41) is 5.35. The lowest BCUT2D eigenvalue weighted by atomic mass is 10.1. The summed E-state index contributed by atoms with van der Waals surface area (Å²) in [5.41, 5.74) is 2.28. The van der Waals surface area contributed by atoms with Crippen molar-refractivity contribution in [3.8, 4) is 0 Å². The molecule has 2 amide bonds. The predicted molar refractivity (Wildman–Crippen MR) is 77.6 cm³/mol. The maximum Gasteiger partial charge on any atom is 0.257 e. The van der Waals surface area contributed by atoms with E-state index < -0.39 is 11.9 Å². The number of halogens is 1. The summed E-state index contributed by atoms with van der Waals surface area (Å²) >= 11 is 0. The largest absolute Gasteiger partial charge is 0.326 e. The third-order valence-electron chi connectivity index (χ3n) is 2.80. The molecule has 1 heterocycles. The molecule has 0 spiro atoms. The Balaban J connectivity index is 2.17. The highest BCUT2D eigenvalue weighted by atomic mass is 19.1. The minimum atomic E-state index is -0.644. The van der Waals surface area contributed by atoms with E-state index in [0.717, 1.165) is 17.8 Å². The van der Waals surface area contributed by atoms with E-state index in [-0.39, 0.29) is 11.5 Å². The summed E-state index contributed by atoms with van der Waals surface area (Å²) in [7, 11) is 0. The molecule has 5 nitrogen and oxygen atoms in total. The molecular weight excluding hydrogens is 273 g/mol. The molecule has 1 aromatic heterocycles. The van der Waals surface area contributed by atoms with E-state index in [1.54, 1.807) is 18.2 Å². The van der Waals surface area contributed by atoms with E-state index in [2.05, 4.69) is 15.6 Å². The minimum Gasteiger partial charge on any atom is -0.326 e. The van der Waals surface area contributed by atoms with Crippen LogP contribution in [0.25, 0.3) is 0 Å². The lowest BCUT2D eigenvalue weighted by molar-refractivity contribution is -0.114. The van der Waals surface area contributed by atoms with Gasteiger partial charge in [0.15, 0.2) is 0 Å². The molecule has 2 N–H and O–H groups in total. The van der Waals surface area contributed by atoms with E-state index in [9.17, 15) is 14.0 Å². The highest BCUT2D eigenvalue weighted by Crippen LogP contribution is 2.20. The zero-order chi connectivity index (χ0) is 15.4. The molecule has 0 aliphatic heterocycles. The molecule has 0 unspecified atom stereocenters. The van der Waals surface area contributed by atoms with Crippen molar-refractivity contribution in [2.24, 2.45) is 0 Å². The van der Waals surface area contributed by atoms with Gasteiger partial charge in [0, 0.05) is 24.5 Å². The number of anilines is 2. The summed E-state index contributed by atoms with van der Waals surface area (Å²) in [6.45, 7) is 3.26. The van der Waals surface area contributed by atoms with Crippen molar-refractivity contribution in [3.63, 3.8) is 0 Å². The van der Waals surface area contributed by atoms with Crippen molar-refractivity contribution in [1.29, 1.82) is 0 Å². The average molecular weight is 287 g/mol. The topological polar surface area (TPSA) is 71.1 Å². The van der Waals surface area contributed by atoms with Gasteiger partial charge in [0.25, 0.3) is 5.91 Å². The van der Waals surface area contributed by atoms with Crippen molar-refractivity contribution in [3.05, 3.63) is 53.6 Å². The Labute approximate surface area is 121 Å². The Morgan fingerprint density at radius 2 is 1.90 bits per heavy atom. The van der Waals surface area contributed by atoms with Gasteiger partial charge < -0.3 is 10.6 Å². The summed E-state index contributed by atoms with van der Waals surface area (Å²) in [6, 6.07) is 7.62. The van der Waals surface area contributed by atoms with Crippen LogP contribution >= 0.6 is 0 Å². The molecule has 0 saturated heterocycles. The van der Waals surface area contributed by atoms with E-state index in [4.69, 9.17) is 0 Å². The zero-order valence-electron chi connectivity index (χ0n) is 11.6. The Kier molecular flexibility index (Phi) is 4.27. The van der Waals surface area contributed by atoms with Gasteiger partial charge in [-0.25, -0.2) is 4.98 Å². The van der Waals surface area contributed by atoms with Gasteiger partial charge in [0.1, 0.15) is 0 Å². The number of amides is 2. The third kappa shape index (κ3) is 3.85. The monoisotopic (exact) mass is 287 g/mol. The van der Waals surface area contributed by atoms with Crippen LogP contribution in [-0.4, -0.2) is 16.8 Å². The second kappa shape index (κ2) is 6.13. The first-order valence-electron chi connectivity index (χ1n) is 6.27. The molecule has 6 heteroatoms. The normalized spacial score (nSPS) is 10.0. The van der Waals surface area contributed by atoms with Gasteiger partial charge in [0.2, 0.25) is 11.9 Å².